The summed E-state index contributed by atoms with van der Waals surface area (Å²) < 4.78 is 12.9. The number of rotatable bonds is 2. The number of nitrogens with one attached hydrogen (secondary N) is 2. The molecule has 4 atom stereocenters. The molecule has 2 N–H and O–H groups in total. The molecule has 0 amide bonds. The van der Waals surface area contributed by atoms with Crippen molar-refractivity contribution >= 4 is 16.3 Å². The van der Waals surface area contributed by atoms with E-state index >= 15 is 0 Å². The Morgan fingerprint density at radius 2 is 1.80 bits per heavy atom. The molecule has 4 aliphatic heterocycles. The molecule has 0 bridgehead atoms. The van der Waals surface area contributed by atoms with Crippen molar-refractivity contribution in [2.45, 2.75) is 36.9 Å². The van der Waals surface area contributed by atoms with E-state index in [2.05, 4.69) is 133 Å². The van der Waals surface area contributed by atoms with Gasteiger partial charge < -0.3 is 20.1 Å². The van der Waals surface area contributed by atoms with Crippen molar-refractivity contribution in [3.63, 3.8) is 0 Å². The molecule has 46 heavy (non-hydrogen) atoms. The summed E-state index contributed by atoms with van der Waals surface area (Å²) in [4.78, 5) is 0. The highest BCUT2D eigenvalue weighted by molar-refractivity contribution is 5.99. The summed E-state index contributed by atoms with van der Waals surface area (Å²) in [6.45, 7) is 6.26. The van der Waals surface area contributed by atoms with Crippen molar-refractivity contribution in [3.8, 4) is 11.5 Å². The van der Waals surface area contributed by atoms with Crippen molar-refractivity contribution in [2.24, 2.45) is 0 Å². The van der Waals surface area contributed by atoms with Crippen molar-refractivity contribution in [3.05, 3.63) is 185 Å². The maximum atomic E-state index is 6.66. The molecule has 3 aromatic carbocycles. The number of ether oxygens (including phenoxy) is 2. The lowest BCUT2D eigenvalue weighted by Gasteiger charge is -2.34. The fourth-order valence-corrected chi connectivity index (χ4v) is 7.59. The first-order valence-corrected chi connectivity index (χ1v) is 16.0. The lowest BCUT2D eigenvalue weighted by atomic mass is 9.78. The lowest BCUT2D eigenvalue weighted by Crippen LogP contribution is -2.40. The Bertz CT molecular complexity index is 2130. The minimum atomic E-state index is -0.465. The molecule has 2 aliphatic carbocycles. The molecule has 224 valence electrons. The zero-order valence-corrected chi connectivity index (χ0v) is 25.7. The molecule has 0 fully saturated rings. The Balaban J connectivity index is 1.08. The first-order valence-electron chi connectivity index (χ1n) is 16.0. The van der Waals surface area contributed by atoms with Gasteiger partial charge in [-0.3, -0.25) is 0 Å². The van der Waals surface area contributed by atoms with Crippen LogP contribution in [0, 0.1) is 0 Å². The van der Waals surface area contributed by atoms with E-state index in [0.29, 0.717) is 5.76 Å². The molecule has 0 aromatic heterocycles. The molecular formula is C42H34N2O2. The van der Waals surface area contributed by atoms with Crippen LogP contribution in [0.3, 0.4) is 0 Å². The van der Waals surface area contributed by atoms with Gasteiger partial charge in [0.1, 0.15) is 22.9 Å². The third-order valence-electron chi connectivity index (χ3n) is 9.94. The Labute approximate surface area is 269 Å². The molecule has 0 radical (unpaired) electrons. The number of fused-ring (bicyclic) bond motifs is 7. The van der Waals surface area contributed by atoms with Gasteiger partial charge in [-0.15, -0.1) is 0 Å². The molecule has 4 heterocycles. The van der Waals surface area contributed by atoms with E-state index in [1.165, 1.54) is 44.3 Å². The quantitative estimate of drug-likeness (QED) is 0.310. The van der Waals surface area contributed by atoms with Gasteiger partial charge in [-0.1, -0.05) is 104 Å². The fourth-order valence-electron chi connectivity index (χ4n) is 7.59. The average Bonchev–Trinajstić information content (AvgIpc) is 3.41. The first kappa shape index (κ1) is 26.9. The third kappa shape index (κ3) is 4.28. The van der Waals surface area contributed by atoms with E-state index in [9.17, 15) is 0 Å². The number of hydrogen-bond acceptors (Lipinski definition) is 4. The topological polar surface area (TPSA) is 42.5 Å². The van der Waals surface area contributed by atoms with E-state index in [-0.39, 0.29) is 18.0 Å². The molecule has 4 unspecified atom stereocenters. The average molecular weight is 599 g/mol. The van der Waals surface area contributed by atoms with Crippen molar-refractivity contribution in [1.82, 2.24) is 10.6 Å². The molecule has 4 nitrogen and oxygen atoms in total. The van der Waals surface area contributed by atoms with Crippen LogP contribution in [0.1, 0.15) is 41.1 Å². The zero-order valence-electron chi connectivity index (χ0n) is 25.7. The Morgan fingerprint density at radius 1 is 0.891 bits per heavy atom. The second-order valence-corrected chi connectivity index (χ2v) is 12.8. The molecule has 6 aliphatic rings. The van der Waals surface area contributed by atoms with Crippen LogP contribution in [0.4, 0.5) is 0 Å². The maximum Gasteiger partial charge on any atom is 0.135 e. The van der Waals surface area contributed by atoms with Gasteiger partial charge in [0.05, 0.1) is 12.1 Å². The zero-order chi connectivity index (χ0) is 30.8. The van der Waals surface area contributed by atoms with Gasteiger partial charge in [0.15, 0.2) is 0 Å². The lowest BCUT2D eigenvalue weighted by molar-refractivity contribution is 0.155. The highest BCUT2D eigenvalue weighted by Gasteiger charge is 2.44. The Morgan fingerprint density at radius 3 is 2.74 bits per heavy atom. The van der Waals surface area contributed by atoms with Crippen LogP contribution in [0.5, 0.6) is 11.5 Å². The summed E-state index contributed by atoms with van der Waals surface area (Å²) in [5, 5.41) is 9.91. The predicted octanol–water partition coefficient (Wildman–Crippen LogP) is 8.73. The number of benzene rings is 3. The van der Waals surface area contributed by atoms with Gasteiger partial charge in [0, 0.05) is 22.7 Å². The summed E-state index contributed by atoms with van der Waals surface area (Å²) in [6, 6.07) is 17.9. The Hall–Kier alpha value is -5.48. The molecule has 3 aromatic rings. The number of allylic oxidation sites excluding steroid dienone is 11. The Kier molecular flexibility index (Phi) is 6.01. The minimum absolute atomic E-state index is 0.0498. The van der Waals surface area contributed by atoms with Crippen LogP contribution in [-0.4, -0.2) is 11.6 Å². The summed E-state index contributed by atoms with van der Waals surface area (Å²) in [6.07, 6.45) is 30.9. The van der Waals surface area contributed by atoms with Crippen molar-refractivity contribution < 1.29 is 9.47 Å². The van der Waals surface area contributed by atoms with Crippen LogP contribution < -0.4 is 20.1 Å². The van der Waals surface area contributed by atoms with E-state index in [1.54, 1.807) is 0 Å². The first-order chi connectivity index (χ1) is 22.5. The summed E-state index contributed by atoms with van der Waals surface area (Å²) >= 11 is 0. The SMILES string of the molecule is C=C1/C=C\C=C/Cc2cc3c(cc2O1)C1C=C(c2ccc(C4C=CC5=C(N4)C4NC=CC=C4C=C5)c4ccccc24)C=CC1(C)O3. The van der Waals surface area contributed by atoms with Gasteiger partial charge in [0.2, 0.25) is 0 Å². The van der Waals surface area contributed by atoms with Gasteiger partial charge in [-0.2, -0.15) is 0 Å². The monoisotopic (exact) mass is 598 g/mol. The molecule has 0 saturated heterocycles. The third-order valence-corrected chi connectivity index (χ3v) is 9.94. The summed E-state index contributed by atoms with van der Waals surface area (Å²) in [5.41, 5.74) is 9.18. The van der Waals surface area contributed by atoms with E-state index in [0.717, 1.165) is 29.0 Å². The van der Waals surface area contributed by atoms with E-state index < -0.39 is 5.60 Å². The van der Waals surface area contributed by atoms with E-state index in [4.69, 9.17) is 9.47 Å². The smallest absolute Gasteiger partial charge is 0.135 e. The maximum absolute atomic E-state index is 6.66. The van der Waals surface area contributed by atoms with Crippen LogP contribution in [0.25, 0.3) is 16.3 Å². The normalized spacial score (nSPS) is 27.9. The highest BCUT2D eigenvalue weighted by atomic mass is 16.5. The van der Waals surface area contributed by atoms with Crippen molar-refractivity contribution in [1.29, 1.82) is 0 Å². The molecule has 9 rings (SSSR count). The molecule has 4 heteroatoms. The number of dihydropyridines is 2. The number of hydrogen-bond donors (Lipinski definition) is 2. The fraction of sp³-hybridized carbons (Fsp3) is 0.143. The van der Waals surface area contributed by atoms with Gasteiger partial charge in [0.25, 0.3) is 0 Å². The van der Waals surface area contributed by atoms with Gasteiger partial charge >= 0.3 is 0 Å². The summed E-state index contributed by atoms with van der Waals surface area (Å²) in [5.74, 6) is 2.44. The second-order valence-electron chi connectivity index (χ2n) is 12.8. The molecular weight excluding hydrogens is 564 g/mol. The van der Waals surface area contributed by atoms with Gasteiger partial charge in [-0.25, -0.2) is 0 Å². The van der Waals surface area contributed by atoms with Crippen LogP contribution >= 0.6 is 0 Å². The summed E-state index contributed by atoms with van der Waals surface area (Å²) in [7, 11) is 0. The predicted molar refractivity (Wildman–Crippen MR) is 186 cm³/mol. The van der Waals surface area contributed by atoms with Gasteiger partial charge in [-0.05, 0) is 88.5 Å². The van der Waals surface area contributed by atoms with E-state index in [1.807, 2.05) is 24.4 Å². The molecule has 0 spiro atoms. The minimum Gasteiger partial charge on any atom is -0.482 e. The van der Waals surface area contributed by atoms with Crippen molar-refractivity contribution in [2.75, 3.05) is 0 Å². The second kappa shape index (κ2) is 10.3. The highest BCUT2D eigenvalue weighted by Crippen LogP contribution is 2.52. The van der Waals surface area contributed by atoms with Crippen LogP contribution in [0.2, 0.25) is 0 Å². The van der Waals surface area contributed by atoms with Crippen LogP contribution in [0.15, 0.2) is 163 Å². The van der Waals surface area contributed by atoms with Crippen LogP contribution in [-0.2, 0) is 6.42 Å². The largest absolute Gasteiger partial charge is 0.482 e. The molecule has 0 saturated carbocycles. The standard InChI is InChI=1S/C42H34N2O2/c1-26-9-4-3-5-10-30-24-39-35(25-38(30)45-26)36-23-29(20-21-42(36,2)46-39)31-17-18-34(33-13-7-6-12-32(31)33)37-19-16-28-15-14-27-11-8-22-43-40(27)41(28)44-37/h3-9,11-25,36-37,40,43-44H,1,10H2,2H3/b5-3-,9-4-.